The van der Waals surface area contributed by atoms with E-state index < -0.39 is 0 Å². The standard InChI is InChI=1S/C17H38N2.H2O/c1-4-6-7-8-9-10-11-12-13-14-15-18-17-19(3)16-5-2;/h18H,4-17H2,1-3H3;1H2. The molecule has 0 aliphatic heterocycles. The molecule has 0 atom stereocenters. The largest absolute Gasteiger partial charge is 0.412 e. The second-order valence-electron chi connectivity index (χ2n) is 5.92. The summed E-state index contributed by atoms with van der Waals surface area (Å²) >= 11 is 0. The van der Waals surface area contributed by atoms with Crippen molar-refractivity contribution in [2.75, 3.05) is 26.8 Å². The van der Waals surface area contributed by atoms with Crippen molar-refractivity contribution in [3.05, 3.63) is 0 Å². The molecule has 0 aliphatic rings. The minimum atomic E-state index is 0. The van der Waals surface area contributed by atoms with Gasteiger partial charge in [-0.2, -0.15) is 0 Å². The Balaban J connectivity index is 0. The molecule has 0 fully saturated rings. The van der Waals surface area contributed by atoms with E-state index in [0.717, 1.165) is 6.67 Å². The highest BCUT2D eigenvalue weighted by atomic mass is 16.0. The van der Waals surface area contributed by atoms with Crippen LogP contribution in [0.4, 0.5) is 0 Å². The molecule has 0 aliphatic carbocycles. The molecule has 0 saturated heterocycles. The Morgan fingerprint density at radius 2 is 1.20 bits per heavy atom. The summed E-state index contributed by atoms with van der Waals surface area (Å²) in [7, 11) is 2.19. The van der Waals surface area contributed by atoms with Crippen LogP contribution in [0.15, 0.2) is 0 Å². The van der Waals surface area contributed by atoms with E-state index in [4.69, 9.17) is 0 Å². The Hall–Kier alpha value is -0.120. The minimum Gasteiger partial charge on any atom is -0.412 e. The normalized spacial score (nSPS) is 10.8. The van der Waals surface area contributed by atoms with Gasteiger partial charge in [-0.1, -0.05) is 71.6 Å². The number of nitrogens with one attached hydrogen (secondary N) is 1. The Bertz CT molecular complexity index is 165. The lowest BCUT2D eigenvalue weighted by Crippen LogP contribution is -2.32. The summed E-state index contributed by atoms with van der Waals surface area (Å²) in [5, 5.41) is 3.52. The zero-order chi connectivity index (χ0) is 14.2. The Labute approximate surface area is 127 Å². The molecule has 0 rings (SSSR count). The van der Waals surface area contributed by atoms with Crippen LogP contribution in [0.2, 0.25) is 0 Å². The first kappa shape index (κ1) is 22.2. The van der Waals surface area contributed by atoms with Crippen LogP contribution in [0.25, 0.3) is 0 Å². The quantitative estimate of drug-likeness (QED) is 0.366. The third-order valence-electron chi connectivity index (χ3n) is 3.69. The molecule has 124 valence electrons. The summed E-state index contributed by atoms with van der Waals surface area (Å²) in [6, 6.07) is 0. The molecule has 20 heavy (non-hydrogen) atoms. The van der Waals surface area contributed by atoms with Crippen molar-refractivity contribution in [2.24, 2.45) is 0 Å². The molecule has 3 N–H and O–H groups in total. The van der Waals surface area contributed by atoms with Crippen molar-refractivity contribution in [1.29, 1.82) is 0 Å². The van der Waals surface area contributed by atoms with Gasteiger partial charge in [-0.05, 0) is 33.0 Å². The van der Waals surface area contributed by atoms with E-state index >= 15 is 0 Å². The lowest BCUT2D eigenvalue weighted by atomic mass is 10.1. The van der Waals surface area contributed by atoms with Crippen LogP contribution in [-0.2, 0) is 0 Å². The van der Waals surface area contributed by atoms with Crippen molar-refractivity contribution in [1.82, 2.24) is 10.2 Å². The Morgan fingerprint density at radius 3 is 1.70 bits per heavy atom. The monoisotopic (exact) mass is 288 g/mol. The molecule has 0 amide bonds. The second-order valence-corrected chi connectivity index (χ2v) is 5.92. The van der Waals surface area contributed by atoms with Gasteiger partial charge in [0.25, 0.3) is 0 Å². The van der Waals surface area contributed by atoms with Crippen LogP contribution >= 0.6 is 0 Å². The second kappa shape index (κ2) is 18.9. The van der Waals surface area contributed by atoms with Gasteiger partial charge in [0.1, 0.15) is 0 Å². The van der Waals surface area contributed by atoms with Gasteiger partial charge >= 0.3 is 0 Å². The number of hydrogen-bond acceptors (Lipinski definition) is 2. The lowest BCUT2D eigenvalue weighted by molar-refractivity contribution is 0.306. The van der Waals surface area contributed by atoms with E-state index in [9.17, 15) is 0 Å². The van der Waals surface area contributed by atoms with E-state index in [1.165, 1.54) is 83.7 Å². The van der Waals surface area contributed by atoms with Crippen molar-refractivity contribution in [3.63, 3.8) is 0 Å². The maximum atomic E-state index is 3.52. The zero-order valence-electron chi connectivity index (χ0n) is 14.3. The number of nitrogens with zero attached hydrogens (tertiary/aromatic N) is 1. The van der Waals surface area contributed by atoms with Crippen LogP contribution in [0, 0.1) is 0 Å². The van der Waals surface area contributed by atoms with Crippen LogP contribution in [0.5, 0.6) is 0 Å². The molecule has 0 aromatic heterocycles. The number of rotatable bonds is 15. The van der Waals surface area contributed by atoms with Gasteiger partial charge in [-0.25, -0.2) is 0 Å². The van der Waals surface area contributed by atoms with Crippen LogP contribution in [-0.4, -0.2) is 37.2 Å². The predicted octanol–water partition coefficient (Wildman–Crippen LogP) is 3.97. The summed E-state index contributed by atoms with van der Waals surface area (Å²) in [5.41, 5.74) is 0. The topological polar surface area (TPSA) is 46.8 Å². The SMILES string of the molecule is CCCCCCCCCCCCNCN(C)CCC.O. The first-order valence-electron chi connectivity index (χ1n) is 8.70. The molecule has 0 aromatic rings. The first-order valence-corrected chi connectivity index (χ1v) is 8.70. The highest BCUT2D eigenvalue weighted by Gasteiger charge is 1.95. The predicted molar refractivity (Wildman–Crippen MR) is 91.2 cm³/mol. The van der Waals surface area contributed by atoms with Gasteiger partial charge in [-0.3, -0.25) is 4.90 Å². The molecule has 0 saturated carbocycles. The van der Waals surface area contributed by atoms with E-state index in [0.29, 0.717) is 0 Å². The van der Waals surface area contributed by atoms with Crippen LogP contribution in [0.1, 0.15) is 84.5 Å². The van der Waals surface area contributed by atoms with Crippen molar-refractivity contribution < 1.29 is 5.48 Å². The third-order valence-corrected chi connectivity index (χ3v) is 3.69. The summed E-state index contributed by atoms with van der Waals surface area (Å²) in [6.45, 7) is 7.95. The van der Waals surface area contributed by atoms with Gasteiger partial charge in [0.05, 0.1) is 0 Å². The van der Waals surface area contributed by atoms with Gasteiger partial charge in [0, 0.05) is 6.67 Å². The number of unbranched alkanes of at least 4 members (excludes halogenated alkanes) is 9. The average Bonchev–Trinajstić information content (AvgIpc) is 2.40. The van der Waals surface area contributed by atoms with E-state index in [1.54, 1.807) is 0 Å². The number of hydrogen-bond donors (Lipinski definition) is 1. The first-order chi connectivity index (χ1) is 9.31. The molecule has 0 spiro atoms. The maximum absolute atomic E-state index is 3.52. The molecule has 0 radical (unpaired) electrons. The van der Waals surface area contributed by atoms with E-state index in [-0.39, 0.29) is 5.48 Å². The molecule has 0 bridgehead atoms. The molecule has 0 aromatic carbocycles. The molecule has 3 nitrogen and oxygen atoms in total. The molecule has 0 heterocycles. The summed E-state index contributed by atoms with van der Waals surface area (Å²) in [4.78, 5) is 2.36. The highest BCUT2D eigenvalue weighted by Crippen LogP contribution is 2.10. The third kappa shape index (κ3) is 17.9. The van der Waals surface area contributed by atoms with Gasteiger partial charge in [-0.15, -0.1) is 0 Å². The fourth-order valence-electron chi connectivity index (χ4n) is 2.47. The molecule has 0 unspecified atom stereocenters. The zero-order valence-corrected chi connectivity index (χ0v) is 14.3. The van der Waals surface area contributed by atoms with Crippen molar-refractivity contribution in [3.8, 4) is 0 Å². The van der Waals surface area contributed by atoms with Gasteiger partial charge < -0.3 is 10.8 Å². The lowest BCUT2D eigenvalue weighted by Gasteiger charge is -2.16. The smallest absolute Gasteiger partial charge is 0.0477 e. The van der Waals surface area contributed by atoms with E-state index in [1.807, 2.05) is 0 Å². The van der Waals surface area contributed by atoms with Crippen molar-refractivity contribution in [2.45, 2.75) is 84.5 Å². The van der Waals surface area contributed by atoms with Gasteiger partial charge in [0.15, 0.2) is 0 Å². The maximum Gasteiger partial charge on any atom is 0.0477 e. The molecule has 3 heteroatoms. The van der Waals surface area contributed by atoms with Gasteiger partial charge in [0.2, 0.25) is 0 Å². The summed E-state index contributed by atoms with van der Waals surface area (Å²) in [6.07, 6.45) is 15.5. The van der Waals surface area contributed by atoms with Crippen molar-refractivity contribution >= 4 is 0 Å². The Morgan fingerprint density at radius 1 is 0.700 bits per heavy atom. The fraction of sp³-hybridized carbons (Fsp3) is 1.00. The molecular weight excluding hydrogens is 248 g/mol. The van der Waals surface area contributed by atoms with E-state index in [2.05, 4.69) is 31.1 Å². The van der Waals surface area contributed by atoms with Crippen LogP contribution in [0.3, 0.4) is 0 Å². The summed E-state index contributed by atoms with van der Waals surface area (Å²) in [5.74, 6) is 0. The molecular formula is C17H40N2O. The Kier molecular flexibility index (Phi) is 20.9. The fourth-order valence-corrected chi connectivity index (χ4v) is 2.47. The van der Waals surface area contributed by atoms with Crippen LogP contribution < -0.4 is 5.32 Å². The summed E-state index contributed by atoms with van der Waals surface area (Å²) < 4.78 is 0. The minimum absolute atomic E-state index is 0. The average molecular weight is 289 g/mol. The highest BCUT2D eigenvalue weighted by molar-refractivity contribution is 4.51.